The maximum absolute atomic E-state index is 11.2. The van der Waals surface area contributed by atoms with Gasteiger partial charge in [-0.25, -0.2) is 0 Å². The highest BCUT2D eigenvalue weighted by Crippen LogP contribution is 2.48. The third kappa shape index (κ3) is 4.75. The van der Waals surface area contributed by atoms with E-state index in [0.29, 0.717) is 31.3 Å². The van der Waals surface area contributed by atoms with E-state index < -0.39 is 0 Å². The first-order valence-electron chi connectivity index (χ1n) is 8.62. The van der Waals surface area contributed by atoms with Crippen LogP contribution in [0.15, 0.2) is 48.5 Å². The van der Waals surface area contributed by atoms with Crippen molar-refractivity contribution in [3.63, 3.8) is 0 Å². The number of ether oxygens (including phenoxy) is 3. The first-order chi connectivity index (χ1) is 12.2. The van der Waals surface area contributed by atoms with E-state index in [1.54, 1.807) is 7.11 Å². The predicted octanol–water partition coefficient (Wildman–Crippen LogP) is 3.98. The van der Waals surface area contributed by atoms with Gasteiger partial charge in [0, 0.05) is 12.3 Å². The van der Waals surface area contributed by atoms with E-state index in [2.05, 4.69) is 16.9 Å². The summed E-state index contributed by atoms with van der Waals surface area (Å²) >= 11 is 0. The zero-order valence-corrected chi connectivity index (χ0v) is 14.7. The van der Waals surface area contributed by atoms with Gasteiger partial charge in [0.15, 0.2) is 0 Å². The van der Waals surface area contributed by atoms with E-state index in [4.69, 9.17) is 9.47 Å². The molecule has 4 nitrogen and oxygen atoms in total. The molecule has 1 aliphatic rings. The van der Waals surface area contributed by atoms with E-state index in [1.165, 1.54) is 12.7 Å². The quantitative estimate of drug-likeness (QED) is 0.682. The summed E-state index contributed by atoms with van der Waals surface area (Å²) in [6.45, 7) is 0.711. The maximum atomic E-state index is 11.2. The Labute approximate surface area is 148 Å². The number of benzene rings is 2. The second-order valence-electron chi connectivity index (χ2n) is 6.41. The molecule has 0 aliphatic heterocycles. The summed E-state index contributed by atoms with van der Waals surface area (Å²) in [5, 5.41) is 0. The highest BCUT2D eigenvalue weighted by Gasteiger charge is 2.39. The van der Waals surface area contributed by atoms with Crippen LogP contribution >= 0.6 is 0 Å². The summed E-state index contributed by atoms with van der Waals surface area (Å²) in [5.41, 5.74) is 2.41. The minimum Gasteiger partial charge on any atom is -0.497 e. The first-order valence-corrected chi connectivity index (χ1v) is 8.62. The van der Waals surface area contributed by atoms with Gasteiger partial charge in [0.05, 0.1) is 20.8 Å². The summed E-state index contributed by atoms with van der Waals surface area (Å²) in [6.07, 6.45) is 2.20. The lowest BCUT2D eigenvalue weighted by Gasteiger charge is -2.08. The van der Waals surface area contributed by atoms with Crippen LogP contribution in [0.2, 0.25) is 0 Å². The molecule has 1 fully saturated rings. The fourth-order valence-corrected chi connectivity index (χ4v) is 3.05. The molecule has 132 valence electrons. The molecule has 2 aromatic rings. The Morgan fingerprint density at radius 3 is 2.68 bits per heavy atom. The fraction of sp³-hybridized carbons (Fsp3) is 0.381. The molecule has 0 aromatic heterocycles. The standard InChI is InChI=1S/C21H24O4/c1-23-18-7-4-6-16(12-18)20-13-17(20)14-25-19-8-3-5-15(11-19)9-10-21(22)24-2/h3-8,11-12,17,20H,9-10,13-14H2,1-2H3. The van der Waals surface area contributed by atoms with Crippen molar-refractivity contribution in [2.45, 2.75) is 25.2 Å². The van der Waals surface area contributed by atoms with Gasteiger partial charge in [-0.2, -0.15) is 0 Å². The molecule has 0 spiro atoms. The lowest BCUT2D eigenvalue weighted by molar-refractivity contribution is -0.140. The van der Waals surface area contributed by atoms with Crippen LogP contribution < -0.4 is 9.47 Å². The zero-order valence-electron chi connectivity index (χ0n) is 14.7. The number of esters is 1. The average molecular weight is 340 g/mol. The number of methoxy groups -OCH3 is 2. The van der Waals surface area contributed by atoms with Crippen LogP contribution in [0, 0.1) is 5.92 Å². The van der Waals surface area contributed by atoms with Crippen molar-refractivity contribution in [1.29, 1.82) is 0 Å². The highest BCUT2D eigenvalue weighted by molar-refractivity contribution is 5.69. The fourth-order valence-electron chi connectivity index (χ4n) is 3.05. The van der Waals surface area contributed by atoms with Crippen LogP contribution in [0.4, 0.5) is 0 Å². The Bertz CT molecular complexity index is 725. The second-order valence-corrected chi connectivity index (χ2v) is 6.41. The van der Waals surface area contributed by atoms with Gasteiger partial charge in [0.2, 0.25) is 0 Å². The monoisotopic (exact) mass is 340 g/mol. The normalized spacial score (nSPS) is 18.5. The Hall–Kier alpha value is -2.49. The van der Waals surface area contributed by atoms with Crippen molar-refractivity contribution in [3.8, 4) is 11.5 Å². The average Bonchev–Trinajstić information content (AvgIpc) is 3.44. The molecule has 0 bridgehead atoms. The molecule has 0 radical (unpaired) electrons. The van der Waals surface area contributed by atoms with Crippen molar-refractivity contribution >= 4 is 5.97 Å². The maximum Gasteiger partial charge on any atom is 0.305 e. The SMILES string of the molecule is COC(=O)CCc1cccc(OCC2CC2c2cccc(OC)c2)c1. The van der Waals surface area contributed by atoms with Gasteiger partial charge in [-0.15, -0.1) is 0 Å². The van der Waals surface area contributed by atoms with Crippen LogP contribution in [-0.4, -0.2) is 26.8 Å². The molecule has 3 rings (SSSR count). The van der Waals surface area contributed by atoms with Gasteiger partial charge >= 0.3 is 5.97 Å². The van der Waals surface area contributed by atoms with E-state index in [9.17, 15) is 4.79 Å². The van der Waals surface area contributed by atoms with E-state index in [0.717, 1.165) is 23.5 Å². The molecule has 2 unspecified atom stereocenters. The van der Waals surface area contributed by atoms with Gasteiger partial charge in [-0.1, -0.05) is 24.3 Å². The summed E-state index contributed by atoms with van der Waals surface area (Å²) in [7, 11) is 3.11. The molecular formula is C21H24O4. The van der Waals surface area contributed by atoms with Crippen LogP contribution in [0.3, 0.4) is 0 Å². The van der Waals surface area contributed by atoms with Gasteiger partial charge in [-0.3, -0.25) is 4.79 Å². The minimum absolute atomic E-state index is 0.189. The summed E-state index contributed by atoms with van der Waals surface area (Å²) < 4.78 is 15.9. The number of carbonyl (C=O) groups is 1. The molecule has 4 heteroatoms. The Morgan fingerprint density at radius 1 is 1.08 bits per heavy atom. The molecular weight excluding hydrogens is 316 g/mol. The van der Waals surface area contributed by atoms with E-state index >= 15 is 0 Å². The summed E-state index contributed by atoms with van der Waals surface area (Å²) in [6, 6.07) is 16.2. The number of hydrogen-bond donors (Lipinski definition) is 0. The number of aryl methyl sites for hydroxylation is 1. The Balaban J connectivity index is 1.50. The van der Waals surface area contributed by atoms with Gasteiger partial charge in [0.1, 0.15) is 11.5 Å². The molecule has 0 heterocycles. The molecule has 0 saturated heterocycles. The van der Waals surface area contributed by atoms with Crippen molar-refractivity contribution in [2.75, 3.05) is 20.8 Å². The van der Waals surface area contributed by atoms with Crippen LogP contribution in [-0.2, 0) is 16.0 Å². The molecule has 0 amide bonds. The number of rotatable bonds is 8. The lowest BCUT2D eigenvalue weighted by Crippen LogP contribution is -2.03. The van der Waals surface area contributed by atoms with Crippen molar-refractivity contribution < 1.29 is 19.0 Å². The Morgan fingerprint density at radius 2 is 1.88 bits per heavy atom. The Kier molecular flexibility index (Phi) is 5.59. The minimum atomic E-state index is -0.189. The number of hydrogen-bond acceptors (Lipinski definition) is 4. The lowest BCUT2D eigenvalue weighted by atomic mass is 10.1. The predicted molar refractivity (Wildman–Crippen MR) is 96.1 cm³/mol. The molecule has 2 atom stereocenters. The molecule has 2 aromatic carbocycles. The van der Waals surface area contributed by atoms with Gasteiger partial charge < -0.3 is 14.2 Å². The van der Waals surface area contributed by atoms with Crippen molar-refractivity contribution in [1.82, 2.24) is 0 Å². The smallest absolute Gasteiger partial charge is 0.305 e. The van der Waals surface area contributed by atoms with Gasteiger partial charge in [-0.05, 0) is 54.2 Å². The summed E-state index contributed by atoms with van der Waals surface area (Å²) in [5.74, 6) is 2.68. The largest absolute Gasteiger partial charge is 0.497 e. The van der Waals surface area contributed by atoms with E-state index in [1.807, 2.05) is 36.4 Å². The summed E-state index contributed by atoms with van der Waals surface area (Å²) in [4.78, 5) is 11.2. The third-order valence-corrected chi connectivity index (χ3v) is 4.65. The van der Waals surface area contributed by atoms with Crippen LogP contribution in [0.1, 0.15) is 29.9 Å². The first kappa shape index (κ1) is 17.3. The highest BCUT2D eigenvalue weighted by atomic mass is 16.5. The topological polar surface area (TPSA) is 44.8 Å². The molecule has 25 heavy (non-hydrogen) atoms. The van der Waals surface area contributed by atoms with Crippen LogP contribution in [0.25, 0.3) is 0 Å². The molecule has 0 N–H and O–H groups in total. The van der Waals surface area contributed by atoms with Crippen molar-refractivity contribution in [2.24, 2.45) is 5.92 Å². The zero-order chi connectivity index (χ0) is 17.6. The van der Waals surface area contributed by atoms with Crippen LogP contribution in [0.5, 0.6) is 11.5 Å². The van der Waals surface area contributed by atoms with Gasteiger partial charge in [0.25, 0.3) is 0 Å². The third-order valence-electron chi connectivity index (χ3n) is 4.65. The second kappa shape index (κ2) is 8.06. The molecule has 1 aliphatic carbocycles. The number of carbonyl (C=O) groups excluding carboxylic acids is 1. The molecule has 1 saturated carbocycles. The van der Waals surface area contributed by atoms with E-state index in [-0.39, 0.29) is 5.97 Å². The van der Waals surface area contributed by atoms with Crippen molar-refractivity contribution in [3.05, 3.63) is 59.7 Å².